The van der Waals surface area contributed by atoms with E-state index < -0.39 is 21.8 Å². The summed E-state index contributed by atoms with van der Waals surface area (Å²) in [7, 11) is -3.62. The number of piperidine rings is 1. The van der Waals surface area contributed by atoms with Crippen molar-refractivity contribution in [3.63, 3.8) is 0 Å². The number of nitrogens with one attached hydrogen (secondary N) is 2. The molecule has 0 aromatic carbocycles. The van der Waals surface area contributed by atoms with Crippen molar-refractivity contribution in [3.8, 4) is 0 Å². The molecule has 2 N–H and O–H groups in total. The molecule has 3 saturated carbocycles. The SMILES string of the molecule is Cc1nc2c(c(=O)n1CCOC1CCC(Cl)CC1C1CC(C)NC3C(C(=O)NS(C)(=O)=O)CSC13)CC(N(C1CCC1)C1CC1)CC2. The Morgan fingerprint density at radius 3 is 2.57 bits per heavy atom. The van der Waals surface area contributed by atoms with Crippen molar-refractivity contribution in [3.05, 3.63) is 27.4 Å². The van der Waals surface area contributed by atoms with Gasteiger partial charge in [-0.05, 0) is 96.3 Å². The molecule has 3 heterocycles. The van der Waals surface area contributed by atoms with Crippen LogP contribution in [0.15, 0.2) is 4.79 Å². The normalized spacial score (nSPS) is 36.1. The van der Waals surface area contributed by atoms with Crippen LogP contribution in [-0.2, 0) is 38.9 Å². The lowest BCUT2D eigenvalue weighted by molar-refractivity contribution is -0.123. The lowest BCUT2D eigenvalue weighted by Crippen LogP contribution is -2.58. The molecular formula is C34H52ClN5O5S2. The van der Waals surface area contributed by atoms with Crippen LogP contribution in [0.2, 0.25) is 0 Å². The highest BCUT2D eigenvalue weighted by Gasteiger charge is 2.52. The number of sulfonamides is 1. The molecule has 0 radical (unpaired) electrons. The molecule has 2 saturated heterocycles. The Morgan fingerprint density at radius 1 is 1.11 bits per heavy atom. The van der Waals surface area contributed by atoms with Gasteiger partial charge in [-0.1, -0.05) is 6.42 Å². The van der Waals surface area contributed by atoms with E-state index >= 15 is 0 Å². The number of hydrogen-bond acceptors (Lipinski definition) is 9. The van der Waals surface area contributed by atoms with Crippen LogP contribution in [0.1, 0.15) is 88.2 Å². The van der Waals surface area contributed by atoms with Gasteiger partial charge in [0.2, 0.25) is 15.9 Å². The quantitative estimate of drug-likeness (QED) is 0.352. The number of nitrogens with zero attached hydrogens (tertiary/aromatic N) is 3. The zero-order chi connectivity index (χ0) is 33.0. The van der Waals surface area contributed by atoms with Crippen molar-refractivity contribution in [1.29, 1.82) is 0 Å². The van der Waals surface area contributed by atoms with Gasteiger partial charge < -0.3 is 10.1 Å². The Morgan fingerprint density at radius 2 is 1.87 bits per heavy atom. The maximum atomic E-state index is 14.0. The smallest absolute Gasteiger partial charge is 0.257 e. The first-order valence-electron chi connectivity index (χ1n) is 18.0. The van der Waals surface area contributed by atoms with Crippen LogP contribution in [0.5, 0.6) is 0 Å². The Kier molecular flexibility index (Phi) is 10.1. The molecule has 13 heteroatoms. The fourth-order valence-corrected chi connectivity index (χ4v) is 12.1. The van der Waals surface area contributed by atoms with Crippen LogP contribution >= 0.6 is 23.4 Å². The van der Waals surface area contributed by atoms with E-state index in [0.29, 0.717) is 42.9 Å². The van der Waals surface area contributed by atoms with Crippen LogP contribution in [0.25, 0.3) is 0 Å². The number of amides is 1. The molecule has 1 aromatic heterocycles. The van der Waals surface area contributed by atoms with Crippen LogP contribution in [0, 0.1) is 24.7 Å². The van der Waals surface area contributed by atoms with E-state index in [-0.39, 0.29) is 40.3 Å². The van der Waals surface area contributed by atoms with E-state index in [1.165, 1.54) is 32.1 Å². The monoisotopic (exact) mass is 709 g/mol. The molecule has 7 rings (SSSR count). The number of carbonyl (C=O) groups is 1. The Bertz CT molecular complexity index is 1500. The summed E-state index contributed by atoms with van der Waals surface area (Å²) in [6, 6.07) is 1.97. The van der Waals surface area contributed by atoms with Crippen LogP contribution in [-0.4, -0.2) is 94.3 Å². The topological polar surface area (TPSA) is 123 Å². The fraction of sp³-hybridized carbons (Fsp3) is 0.853. The number of alkyl halides is 1. The molecule has 6 aliphatic rings. The summed E-state index contributed by atoms with van der Waals surface area (Å²) >= 11 is 8.56. The molecule has 10 nitrogen and oxygen atoms in total. The number of fused-ring (bicyclic) bond motifs is 2. The van der Waals surface area contributed by atoms with Gasteiger partial charge in [0.05, 0.1) is 37.1 Å². The number of aromatic nitrogens is 2. The van der Waals surface area contributed by atoms with Crippen LogP contribution in [0.3, 0.4) is 0 Å². The van der Waals surface area contributed by atoms with Crippen molar-refractivity contribution >= 4 is 39.3 Å². The Hall–Kier alpha value is -1.18. The van der Waals surface area contributed by atoms with Crippen LogP contribution < -0.4 is 15.6 Å². The third-order valence-electron chi connectivity index (χ3n) is 11.9. The third kappa shape index (κ3) is 7.34. The zero-order valence-corrected chi connectivity index (χ0v) is 30.4. The zero-order valence-electron chi connectivity index (χ0n) is 28.0. The highest BCUT2D eigenvalue weighted by Crippen LogP contribution is 2.48. The van der Waals surface area contributed by atoms with Gasteiger partial charge in [-0.3, -0.25) is 23.8 Å². The standard InChI is InChI=1S/C34H52ClN5O5S2/c1-19-15-26(32-31(36-19)28(18-46-32)33(41)38-47(3,43)44)25-16-21(35)7-12-30(25)45-14-13-39-20(2)37-29-11-10-24(17-27(29)34(39)42)40(23-8-9-23)22-5-4-6-22/h19,21-26,28,30-32,36H,4-18H2,1-3H3,(H,38,41). The van der Waals surface area contributed by atoms with E-state index in [4.69, 9.17) is 21.3 Å². The maximum Gasteiger partial charge on any atom is 0.257 e. The molecule has 47 heavy (non-hydrogen) atoms. The highest BCUT2D eigenvalue weighted by molar-refractivity contribution is 8.00. The summed E-state index contributed by atoms with van der Waals surface area (Å²) in [5, 5.41) is 3.88. The fourth-order valence-electron chi connectivity index (χ4n) is 9.46. The minimum atomic E-state index is -3.62. The predicted octanol–water partition coefficient (Wildman–Crippen LogP) is 3.39. The van der Waals surface area contributed by atoms with Gasteiger partial charge >= 0.3 is 0 Å². The van der Waals surface area contributed by atoms with Gasteiger partial charge in [-0.2, -0.15) is 11.8 Å². The predicted molar refractivity (Wildman–Crippen MR) is 185 cm³/mol. The minimum Gasteiger partial charge on any atom is -0.376 e. The molecule has 262 valence electrons. The van der Waals surface area contributed by atoms with Gasteiger partial charge in [0.15, 0.2) is 0 Å². The number of hydrogen-bond donors (Lipinski definition) is 2. The van der Waals surface area contributed by atoms with E-state index in [1.807, 2.05) is 11.5 Å². The highest BCUT2D eigenvalue weighted by atomic mass is 35.5. The Balaban J connectivity index is 1.03. The molecule has 1 aromatic rings. The van der Waals surface area contributed by atoms with Gasteiger partial charge in [-0.15, -0.1) is 11.6 Å². The Labute approximate surface area is 288 Å². The van der Waals surface area contributed by atoms with Crippen molar-refractivity contribution in [2.24, 2.45) is 17.8 Å². The molecule has 1 amide bonds. The number of rotatable bonds is 10. The second-order valence-electron chi connectivity index (χ2n) is 15.3. The first-order chi connectivity index (χ1) is 22.5. The van der Waals surface area contributed by atoms with Crippen molar-refractivity contribution in [2.45, 2.75) is 144 Å². The van der Waals surface area contributed by atoms with Crippen molar-refractivity contribution in [2.75, 3.05) is 18.6 Å². The van der Waals surface area contributed by atoms with Crippen molar-refractivity contribution in [1.82, 2.24) is 24.5 Å². The summed E-state index contributed by atoms with van der Waals surface area (Å²) in [6.45, 7) is 5.02. The van der Waals surface area contributed by atoms with Gasteiger partial charge in [0, 0.05) is 52.2 Å². The first-order valence-corrected chi connectivity index (χ1v) is 21.4. The first kappa shape index (κ1) is 34.3. The number of thioether (sulfide) groups is 1. The summed E-state index contributed by atoms with van der Waals surface area (Å²) in [6.07, 6.45) is 14.0. The molecule has 2 aliphatic heterocycles. The summed E-state index contributed by atoms with van der Waals surface area (Å²) in [5.74, 6) is 1.05. The molecule has 0 spiro atoms. The third-order valence-corrected chi connectivity index (χ3v) is 14.5. The molecule has 5 fully saturated rings. The largest absolute Gasteiger partial charge is 0.376 e. The number of halogens is 1. The average molecular weight is 710 g/mol. The second kappa shape index (κ2) is 13.9. The molecule has 0 bridgehead atoms. The van der Waals surface area contributed by atoms with Gasteiger partial charge in [-0.25, -0.2) is 13.4 Å². The lowest BCUT2D eigenvalue weighted by atomic mass is 9.70. The minimum absolute atomic E-state index is 0.0194. The number of ether oxygens (including phenoxy) is 1. The van der Waals surface area contributed by atoms with E-state index in [2.05, 4.69) is 21.9 Å². The number of aryl methyl sites for hydroxylation is 2. The second-order valence-corrected chi connectivity index (χ2v) is 18.9. The summed E-state index contributed by atoms with van der Waals surface area (Å²) in [4.78, 5) is 34.6. The maximum absolute atomic E-state index is 14.0. The number of carbonyl (C=O) groups excluding carboxylic acids is 1. The van der Waals surface area contributed by atoms with E-state index in [9.17, 15) is 18.0 Å². The van der Waals surface area contributed by atoms with Crippen LogP contribution in [0.4, 0.5) is 0 Å². The van der Waals surface area contributed by atoms with E-state index in [0.717, 1.165) is 68.3 Å². The molecule has 4 aliphatic carbocycles. The van der Waals surface area contributed by atoms with Gasteiger partial charge in [0.25, 0.3) is 5.56 Å². The van der Waals surface area contributed by atoms with E-state index in [1.54, 1.807) is 11.8 Å². The average Bonchev–Trinajstić information content (AvgIpc) is 3.73. The molecule has 9 unspecified atom stereocenters. The summed E-state index contributed by atoms with van der Waals surface area (Å²) < 4.78 is 34.4. The lowest BCUT2D eigenvalue weighted by Gasteiger charge is -2.47. The van der Waals surface area contributed by atoms with Crippen molar-refractivity contribution < 1.29 is 17.9 Å². The molecular weight excluding hydrogens is 658 g/mol. The molecule has 9 atom stereocenters. The summed E-state index contributed by atoms with van der Waals surface area (Å²) in [5.41, 5.74) is 2.03. The van der Waals surface area contributed by atoms with Gasteiger partial charge in [0.1, 0.15) is 5.82 Å².